The summed E-state index contributed by atoms with van der Waals surface area (Å²) in [5.74, 6) is 0.977. The Labute approximate surface area is 105 Å². The van der Waals surface area contributed by atoms with Crippen molar-refractivity contribution in [3.8, 4) is 0 Å². The Kier molecular flexibility index (Phi) is 2.86. The highest BCUT2D eigenvalue weighted by Crippen LogP contribution is 2.22. The predicted octanol–water partition coefficient (Wildman–Crippen LogP) is 2.43. The van der Waals surface area contributed by atoms with Gasteiger partial charge in [-0.05, 0) is 31.3 Å². The number of hydrogen-bond acceptors (Lipinski definition) is 3. The van der Waals surface area contributed by atoms with Gasteiger partial charge in [-0.25, -0.2) is 4.52 Å². The molecule has 0 spiro atoms. The first-order chi connectivity index (χ1) is 8.88. The highest BCUT2D eigenvalue weighted by atomic mass is 16.3. The van der Waals surface area contributed by atoms with Crippen molar-refractivity contribution in [3.05, 3.63) is 60.3 Å². The number of aromatic nitrogens is 2. The van der Waals surface area contributed by atoms with Crippen LogP contribution in [0.4, 0.5) is 0 Å². The smallest absolute Gasteiger partial charge is 0.105 e. The summed E-state index contributed by atoms with van der Waals surface area (Å²) >= 11 is 0. The van der Waals surface area contributed by atoms with E-state index in [1.165, 1.54) is 5.56 Å². The van der Waals surface area contributed by atoms with Gasteiger partial charge in [-0.15, -0.1) is 0 Å². The van der Waals surface area contributed by atoms with Gasteiger partial charge in [0.15, 0.2) is 0 Å². The lowest BCUT2D eigenvalue weighted by molar-refractivity contribution is 0.467. The van der Waals surface area contributed by atoms with E-state index >= 15 is 0 Å². The molecule has 4 nitrogen and oxygen atoms in total. The molecule has 0 aliphatic heterocycles. The maximum Gasteiger partial charge on any atom is 0.105 e. The third-order valence-electron chi connectivity index (χ3n) is 3.17. The summed E-state index contributed by atoms with van der Waals surface area (Å²) in [7, 11) is 1.96. The zero-order chi connectivity index (χ0) is 12.4. The van der Waals surface area contributed by atoms with Crippen LogP contribution in [-0.4, -0.2) is 16.7 Å². The summed E-state index contributed by atoms with van der Waals surface area (Å²) in [5, 5.41) is 7.68. The van der Waals surface area contributed by atoms with Crippen LogP contribution in [0.5, 0.6) is 0 Å². The maximum absolute atomic E-state index is 5.41. The Morgan fingerprint density at radius 3 is 3.06 bits per heavy atom. The van der Waals surface area contributed by atoms with E-state index < -0.39 is 0 Å². The van der Waals surface area contributed by atoms with Crippen LogP contribution < -0.4 is 5.32 Å². The van der Waals surface area contributed by atoms with Crippen molar-refractivity contribution in [2.45, 2.75) is 12.5 Å². The molecule has 3 aromatic heterocycles. The van der Waals surface area contributed by atoms with Gasteiger partial charge >= 0.3 is 0 Å². The molecule has 3 rings (SSSR count). The SMILES string of the molecule is CNC(Cc1ccco1)c1cnn2ccccc12. The molecule has 0 saturated heterocycles. The monoisotopic (exact) mass is 241 g/mol. The number of hydrogen-bond donors (Lipinski definition) is 1. The zero-order valence-corrected chi connectivity index (χ0v) is 10.2. The minimum atomic E-state index is 0.205. The molecule has 0 amide bonds. The second kappa shape index (κ2) is 4.66. The second-order valence-electron chi connectivity index (χ2n) is 4.26. The fourth-order valence-electron chi connectivity index (χ4n) is 2.22. The molecule has 0 aliphatic rings. The van der Waals surface area contributed by atoms with Crippen molar-refractivity contribution >= 4 is 5.52 Å². The molecule has 18 heavy (non-hydrogen) atoms. The molecule has 0 saturated carbocycles. The van der Waals surface area contributed by atoms with E-state index in [-0.39, 0.29) is 6.04 Å². The van der Waals surface area contributed by atoms with Crippen LogP contribution in [0.1, 0.15) is 17.4 Å². The molecule has 1 atom stereocenters. The molecule has 92 valence electrons. The topological polar surface area (TPSA) is 42.5 Å². The first-order valence-electron chi connectivity index (χ1n) is 6.00. The lowest BCUT2D eigenvalue weighted by atomic mass is 10.0. The standard InChI is InChI=1S/C14H15N3O/c1-15-13(9-11-5-4-8-18-11)12-10-16-17-7-3-2-6-14(12)17/h2-8,10,13,15H,9H2,1H3. The molecule has 4 heteroatoms. The number of nitrogens with zero attached hydrogens (tertiary/aromatic N) is 2. The lowest BCUT2D eigenvalue weighted by Crippen LogP contribution is -2.18. The van der Waals surface area contributed by atoms with Crippen molar-refractivity contribution in [2.75, 3.05) is 7.05 Å². The minimum absolute atomic E-state index is 0.205. The Morgan fingerprint density at radius 1 is 1.33 bits per heavy atom. The van der Waals surface area contributed by atoms with Gasteiger partial charge < -0.3 is 9.73 Å². The molecule has 1 N–H and O–H groups in total. The van der Waals surface area contributed by atoms with Gasteiger partial charge in [0.25, 0.3) is 0 Å². The third kappa shape index (κ3) is 1.91. The Hall–Kier alpha value is -2.07. The Bertz CT molecular complexity index is 627. The van der Waals surface area contributed by atoms with Crippen LogP contribution in [0, 0.1) is 0 Å². The van der Waals surface area contributed by atoms with Gasteiger partial charge in [-0.2, -0.15) is 5.10 Å². The van der Waals surface area contributed by atoms with Crippen LogP contribution in [0.15, 0.2) is 53.4 Å². The van der Waals surface area contributed by atoms with Gasteiger partial charge in [-0.1, -0.05) is 6.07 Å². The first-order valence-corrected chi connectivity index (χ1v) is 6.00. The summed E-state index contributed by atoms with van der Waals surface area (Å²) < 4.78 is 7.30. The van der Waals surface area contributed by atoms with Crippen LogP contribution in [-0.2, 0) is 6.42 Å². The lowest BCUT2D eigenvalue weighted by Gasteiger charge is -2.13. The van der Waals surface area contributed by atoms with E-state index in [1.807, 2.05) is 48.2 Å². The van der Waals surface area contributed by atoms with Gasteiger partial charge in [0.2, 0.25) is 0 Å². The number of rotatable bonds is 4. The summed E-state index contributed by atoms with van der Waals surface area (Å²) in [6.45, 7) is 0. The second-order valence-corrected chi connectivity index (χ2v) is 4.26. The molecule has 3 heterocycles. The van der Waals surface area contributed by atoms with Crippen molar-refractivity contribution in [3.63, 3.8) is 0 Å². The van der Waals surface area contributed by atoms with Gasteiger partial charge in [0, 0.05) is 24.2 Å². The fourth-order valence-corrected chi connectivity index (χ4v) is 2.22. The quantitative estimate of drug-likeness (QED) is 0.762. The summed E-state index contributed by atoms with van der Waals surface area (Å²) in [6, 6.07) is 10.2. The van der Waals surface area contributed by atoms with E-state index in [1.54, 1.807) is 6.26 Å². The van der Waals surface area contributed by atoms with E-state index in [2.05, 4.69) is 16.5 Å². The van der Waals surface area contributed by atoms with Gasteiger partial charge in [0.05, 0.1) is 18.0 Å². The van der Waals surface area contributed by atoms with E-state index in [9.17, 15) is 0 Å². The number of pyridine rings is 1. The van der Waals surface area contributed by atoms with Crippen molar-refractivity contribution in [2.24, 2.45) is 0 Å². The van der Waals surface area contributed by atoms with Crippen molar-refractivity contribution in [1.29, 1.82) is 0 Å². The van der Waals surface area contributed by atoms with Crippen LogP contribution in [0.25, 0.3) is 5.52 Å². The largest absolute Gasteiger partial charge is 0.469 e. The minimum Gasteiger partial charge on any atom is -0.469 e. The van der Waals surface area contributed by atoms with Crippen LogP contribution >= 0.6 is 0 Å². The Balaban J connectivity index is 1.96. The Morgan fingerprint density at radius 2 is 2.28 bits per heavy atom. The van der Waals surface area contributed by atoms with Crippen molar-refractivity contribution < 1.29 is 4.42 Å². The summed E-state index contributed by atoms with van der Waals surface area (Å²) in [5.41, 5.74) is 2.32. The van der Waals surface area contributed by atoms with Crippen LogP contribution in [0.3, 0.4) is 0 Å². The summed E-state index contributed by atoms with van der Waals surface area (Å²) in [6.07, 6.45) is 6.40. The number of fused-ring (bicyclic) bond motifs is 1. The zero-order valence-electron chi connectivity index (χ0n) is 10.2. The highest BCUT2D eigenvalue weighted by molar-refractivity contribution is 5.55. The maximum atomic E-state index is 5.41. The summed E-state index contributed by atoms with van der Waals surface area (Å²) in [4.78, 5) is 0. The molecule has 0 bridgehead atoms. The molecule has 0 aliphatic carbocycles. The fraction of sp³-hybridized carbons (Fsp3) is 0.214. The van der Waals surface area contributed by atoms with E-state index in [0.717, 1.165) is 17.7 Å². The molecular formula is C14H15N3O. The van der Waals surface area contributed by atoms with Gasteiger partial charge in [-0.3, -0.25) is 0 Å². The molecule has 0 radical (unpaired) electrons. The highest BCUT2D eigenvalue weighted by Gasteiger charge is 2.16. The first kappa shape index (κ1) is 11.0. The molecular weight excluding hydrogens is 226 g/mol. The number of likely N-dealkylation sites (N-methyl/N-ethyl adjacent to an activating group) is 1. The number of furan rings is 1. The predicted molar refractivity (Wildman–Crippen MR) is 69.4 cm³/mol. The molecule has 0 aromatic carbocycles. The van der Waals surface area contributed by atoms with Gasteiger partial charge in [0.1, 0.15) is 5.76 Å². The average molecular weight is 241 g/mol. The van der Waals surface area contributed by atoms with Crippen LogP contribution in [0.2, 0.25) is 0 Å². The molecule has 1 unspecified atom stereocenters. The van der Waals surface area contributed by atoms with Crippen molar-refractivity contribution in [1.82, 2.24) is 14.9 Å². The third-order valence-corrected chi connectivity index (χ3v) is 3.17. The molecule has 0 fully saturated rings. The molecule has 3 aromatic rings. The van der Waals surface area contributed by atoms with E-state index in [4.69, 9.17) is 4.42 Å². The number of nitrogens with one attached hydrogen (secondary N) is 1. The average Bonchev–Trinajstić information content (AvgIpc) is 3.05. The normalized spacial score (nSPS) is 12.9. The van der Waals surface area contributed by atoms with E-state index in [0.29, 0.717) is 0 Å².